The van der Waals surface area contributed by atoms with Crippen molar-refractivity contribution in [3.8, 4) is 0 Å². The summed E-state index contributed by atoms with van der Waals surface area (Å²) in [7, 11) is 0. The quantitative estimate of drug-likeness (QED) is 0.674. The Hall–Kier alpha value is -2.18. The van der Waals surface area contributed by atoms with E-state index in [-0.39, 0.29) is 18.1 Å². The first kappa shape index (κ1) is 10.3. The summed E-state index contributed by atoms with van der Waals surface area (Å²) in [6.45, 7) is 1.43. The van der Waals surface area contributed by atoms with Gasteiger partial charge in [0.1, 0.15) is 0 Å². The molecule has 0 spiro atoms. The van der Waals surface area contributed by atoms with Crippen molar-refractivity contribution in [1.29, 1.82) is 0 Å². The van der Waals surface area contributed by atoms with Gasteiger partial charge in [0.15, 0.2) is 11.5 Å². The molecule has 1 fully saturated rings. The van der Waals surface area contributed by atoms with E-state index in [9.17, 15) is 9.59 Å². The first-order valence-corrected chi connectivity index (χ1v) is 4.75. The number of amides is 1. The fourth-order valence-corrected chi connectivity index (χ4v) is 1.44. The topological polar surface area (TPSA) is 95.4 Å². The predicted molar refractivity (Wildman–Crippen MR) is 54.2 cm³/mol. The van der Waals surface area contributed by atoms with Gasteiger partial charge in [0.2, 0.25) is 5.91 Å². The van der Waals surface area contributed by atoms with Crippen molar-refractivity contribution in [3.63, 3.8) is 0 Å². The van der Waals surface area contributed by atoms with E-state index in [4.69, 9.17) is 5.11 Å². The second kappa shape index (κ2) is 4.13. The number of carboxylic acid groups (broad SMARTS) is 1. The molecule has 7 nitrogen and oxygen atoms in total. The number of hydrogen-bond acceptors (Lipinski definition) is 5. The van der Waals surface area contributed by atoms with Crippen LogP contribution in [0.25, 0.3) is 0 Å². The lowest BCUT2D eigenvalue weighted by molar-refractivity contribution is -0.120. The van der Waals surface area contributed by atoms with E-state index in [1.807, 2.05) is 0 Å². The van der Waals surface area contributed by atoms with E-state index >= 15 is 0 Å². The van der Waals surface area contributed by atoms with Crippen LogP contribution in [0.2, 0.25) is 0 Å². The average molecular weight is 222 g/mol. The third-order valence-electron chi connectivity index (χ3n) is 2.23. The van der Waals surface area contributed by atoms with Crippen molar-refractivity contribution >= 4 is 17.7 Å². The molecule has 1 aromatic heterocycles. The molecular weight excluding hydrogens is 212 g/mol. The molecule has 2 heterocycles. The summed E-state index contributed by atoms with van der Waals surface area (Å²) in [4.78, 5) is 23.4. The van der Waals surface area contributed by atoms with Crippen LogP contribution in [-0.4, -0.2) is 46.8 Å². The third-order valence-corrected chi connectivity index (χ3v) is 2.23. The van der Waals surface area contributed by atoms with Crippen molar-refractivity contribution in [2.45, 2.75) is 0 Å². The molecule has 0 unspecified atom stereocenters. The van der Waals surface area contributed by atoms with Crippen LogP contribution < -0.4 is 10.2 Å². The number of carbonyl (C=O) groups is 2. The Morgan fingerprint density at radius 2 is 2.25 bits per heavy atom. The number of carboxylic acids is 1. The highest BCUT2D eigenvalue weighted by molar-refractivity contribution is 5.85. The van der Waals surface area contributed by atoms with Gasteiger partial charge in [0.05, 0.1) is 6.54 Å². The molecule has 0 radical (unpaired) electrons. The molecule has 0 saturated carbocycles. The van der Waals surface area contributed by atoms with Crippen LogP contribution in [0.15, 0.2) is 12.1 Å². The van der Waals surface area contributed by atoms with Gasteiger partial charge < -0.3 is 15.3 Å². The minimum atomic E-state index is -1.12. The standard InChI is InChI=1S/C9H10N4O3/c14-8-5-13(4-3-10-8)7-2-1-6(9(15)16)11-12-7/h1-2H,3-5H2,(H,10,14)(H,15,16). The number of carbonyl (C=O) groups excluding carboxylic acids is 1. The number of aromatic nitrogens is 2. The summed E-state index contributed by atoms with van der Waals surface area (Å²) in [5.74, 6) is -0.675. The molecule has 7 heteroatoms. The summed E-state index contributed by atoms with van der Waals surface area (Å²) in [6.07, 6.45) is 0. The number of piperazine rings is 1. The van der Waals surface area contributed by atoms with Gasteiger partial charge in [0, 0.05) is 13.1 Å². The van der Waals surface area contributed by atoms with Gasteiger partial charge in [-0.15, -0.1) is 10.2 Å². The molecule has 1 aliphatic rings. The zero-order valence-electron chi connectivity index (χ0n) is 8.38. The Labute approximate surface area is 91.1 Å². The number of anilines is 1. The van der Waals surface area contributed by atoms with Gasteiger partial charge in [-0.3, -0.25) is 4.79 Å². The van der Waals surface area contributed by atoms with Crippen molar-refractivity contribution in [2.24, 2.45) is 0 Å². The maximum absolute atomic E-state index is 11.1. The van der Waals surface area contributed by atoms with Crippen LogP contribution >= 0.6 is 0 Å². The number of aromatic carboxylic acids is 1. The molecule has 1 saturated heterocycles. The van der Waals surface area contributed by atoms with E-state index in [2.05, 4.69) is 15.5 Å². The van der Waals surface area contributed by atoms with Gasteiger partial charge in [-0.05, 0) is 12.1 Å². The Balaban J connectivity index is 2.14. The summed E-state index contributed by atoms with van der Waals surface area (Å²) in [6, 6.07) is 2.92. The predicted octanol–water partition coefficient (Wildman–Crippen LogP) is -0.889. The second-order valence-corrected chi connectivity index (χ2v) is 3.35. The minimum Gasteiger partial charge on any atom is -0.476 e. The van der Waals surface area contributed by atoms with Crippen LogP contribution in [0.1, 0.15) is 10.5 Å². The molecule has 0 atom stereocenters. The molecule has 2 N–H and O–H groups in total. The van der Waals surface area contributed by atoms with Crippen molar-refractivity contribution in [2.75, 3.05) is 24.5 Å². The molecule has 0 bridgehead atoms. The van der Waals surface area contributed by atoms with Gasteiger partial charge in [-0.1, -0.05) is 0 Å². The Morgan fingerprint density at radius 1 is 1.44 bits per heavy atom. The van der Waals surface area contributed by atoms with Crippen LogP contribution in [0, 0.1) is 0 Å². The molecule has 1 aliphatic heterocycles. The normalized spacial score (nSPS) is 15.8. The fraction of sp³-hybridized carbons (Fsp3) is 0.333. The monoisotopic (exact) mass is 222 g/mol. The lowest BCUT2D eigenvalue weighted by atomic mass is 10.3. The molecule has 16 heavy (non-hydrogen) atoms. The van der Waals surface area contributed by atoms with Crippen molar-refractivity contribution in [3.05, 3.63) is 17.8 Å². The number of nitrogens with zero attached hydrogens (tertiary/aromatic N) is 3. The van der Waals surface area contributed by atoms with Gasteiger partial charge in [-0.25, -0.2) is 4.79 Å². The van der Waals surface area contributed by atoms with E-state index in [0.717, 1.165) is 0 Å². The first-order valence-electron chi connectivity index (χ1n) is 4.75. The molecule has 0 aliphatic carbocycles. The van der Waals surface area contributed by atoms with Gasteiger partial charge >= 0.3 is 5.97 Å². The minimum absolute atomic E-state index is 0.0737. The average Bonchev–Trinajstić information content (AvgIpc) is 2.29. The first-order chi connectivity index (χ1) is 7.66. The fourth-order valence-electron chi connectivity index (χ4n) is 1.44. The highest BCUT2D eigenvalue weighted by Crippen LogP contribution is 2.10. The number of rotatable bonds is 2. The summed E-state index contributed by atoms with van der Waals surface area (Å²) in [5.41, 5.74) is -0.106. The summed E-state index contributed by atoms with van der Waals surface area (Å²) < 4.78 is 0. The lowest BCUT2D eigenvalue weighted by Gasteiger charge is -2.26. The van der Waals surface area contributed by atoms with Crippen LogP contribution in [0.5, 0.6) is 0 Å². The second-order valence-electron chi connectivity index (χ2n) is 3.35. The molecule has 84 valence electrons. The van der Waals surface area contributed by atoms with E-state index < -0.39 is 5.97 Å². The zero-order chi connectivity index (χ0) is 11.5. The van der Waals surface area contributed by atoms with Gasteiger partial charge in [0.25, 0.3) is 0 Å². The largest absolute Gasteiger partial charge is 0.476 e. The smallest absolute Gasteiger partial charge is 0.356 e. The highest BCUT2D eigenvalue weighted by atomic mass is 16.4. The van der Waals surface area contributed by atoms with E-state index in [0.29, 0.717) is 18.9 Å². The van der Waals surface area contributed by atoms with Crippen LogP contribution in [0.3, 0.4) is 0 Å². The lowest BCUT2D eigenvalue weighted by Crippen LogP contribution is -2.48. The Bertz CT molecular complexity index is 417. The van der Waals surface area contributed by atoms with E-state index in [1.165, 1.54) is 6.07 Å². The SMILES string of the molecule is O=C1CN(c2ccc(C(=O)O)nn2)CCN1. The van der Waals surface area contributed by atoms with Crippen LogP contribution in [-0.2, 0) is 4.79 Å². The van der Waals surface area contributed by atoms with Crippen molar-refractivity contribution in [1.82, 2.24) is 15.5 Å². The Kier molecular flexibility index (Phi) is 2.67. The molecular formula is C9H10N4O3. The molecule has 0 aromatic carbocycles. The third kappa shape index (κ3) is 2.08. The summed E-state index contributed by atoms with van der Waals surface area (Å²) in [5, 5.41) is 18.7. The Morgan fingerprint density at radius 3 is 2.81 bits per heavy atom. The number of nitrogens with one attached hydrogen (secondary N) is 1. The van der Waals surface area contributed by atoms with Crippen molar-refractivity contribution < 1.29 is 14.7 Å². The summed E-state index contributed by atoms with van der Waals surface area (Å²) >= 11 is 0. The van der Waals surface area contributed by atoms with E-state index in [1.54, 1.807) is 11.0 Å². The maximum Gasteiger partial charge on any atom is 0.356 e. The molecule has 1 aromatic rings. The zero-order valence-corrected chi connectivity index (χ0v) is 8.38. The number of hydrogen-bond donors (Lipinski definition) is 2. The maximum atomic E-state index is 11.1. The van der Waals surface area contributed by atoms with Crippen LogP contribution in [0.4, 0.5) is 5.82 Å². The van der Waals surface area contributed by atoms with Gasteiger partial charge in [-0.2, -0.15) is 0 Å². The highest BCUT2D eigenvalue weighted by Gasteiger charge is 2.18. The molecule has 1 amide bonds. The molecule has 2 rings (SSSR count).